The molecule has 19 valence electrons. The molecule has 0 aliphatic carbocycles. The first-order chi connectivity index (χ1) is 1.91. The average Bonchev–Trinajstić information content (AvgIpc) is 1.37. The van der Waals surface area contributed by atoms with Gasteiger partial charge >= 0.3 is 24.4 Å². The Hall–Kier alpha value is -0.110. The predicted octanol–water partition coefficient (Wildman–Crippen LogP) is -0.821. The minimum absolute atomic E-state index is 0.681. The van der Waals surface area contributed by atoms with Crippen molar-refractivity contribution in [2.75, 3.05) is 0 Å². The van der Waals surface area contributed by atoms with Crippen LogP contribution in [0.1, 0.15) is 0 Å². The van der Waals surface area contributed by atoms with Crippen molar-refractivity contribution in [3.05, 3.63) is 0 Å². The third-order valence-corrected chi connectivity index (χ3v) is 0.0609. The molecule has 0 amide bonds. The Kier molecular flexibility index (Phi) is 2.81. The molecule has 0 fully saturated rings. The molecular weight excluding hydrogens is 53.6 g/mol. The van der Waals surface area contributed by atoms with Gasteiger partial charge in [0.1, 0.15) is 0 Å². The molecule has 0 aromatic rings. The van der Waals surface area contributed by atoms with Crippen LogP contribution in [-0.2, 0) is 4.81 Å². The van der Waals surface area contributed by atoms with E-state index in [9.17, 15) is 0 Å². The molecule has 0 rings (SSSR count). The number of hydrogen-bond donors (Lipinski definition) is 1. The van der Waals surface area contributed by atoms with E-state index in [1.165, 1.54) is 0 Å². The monoisotopic (exact) mass is 55.0 g/mol. The molecule has 0 saturated heterocycles. The first-order valence-corrected chi connectivity index (χ1v) is 0.752. The summed E-state index contributed by atoms with van der Waals surface area (Å²) >= 11 is 0. The van der Waals surface area contributed by atoms with Crippen LogP contribution in [0.2, 0.25) is 0 Å². The van der Waals surface area contributed by atoms with Gasteiger partial charge in [0.2, 0.25) is 0 Å². The number of rotatable bonds is 1. The molecular formula is HB2O2. The summed E-state index contributed by atoms with van der Waals surface area (Å²) in [6.45, 7) is 0. The van der Waals surface area contributed by atoms with E-state index in [2.05, 4.69) is 12.2 Å². The molecule has 2 nitrogen and oxygen atoms in total. The Bertz CT molecular complexity index is 18.0. The zero-order valence-electron chi connectivity index (χ0n) is 2.01. The first-order valence-electron chi connectivity index (χ1n) is 0.752. The maximum absolute atomic E-state index is 7.19. The summed E-state index contributed by atoms with van der Waals surface area (Å²) in [5, 5.41) is 7.19. The van der Waals surface area contributed by atoms with E-state index in [4.69, 9.17) is 5.26 Å². The molecule has 0 aliphatic rings. The second-order valence-electron chi connectivity index (χ2n) is 0.241. The summed E-state index contributed by atoms with van der Waals surface area (Å²) in [4.78, 5) is 3.19. The summed E-state index contributed by atoms with van der Waals surface area (Å²) in [7, 11) is 5.11. The molecule has 0 spiro atoms. The van der Waals surface area contributed by atoms with Crippen LogP contribution < -0.4 is 0 Å². The fraction of sp³-hybridized carbons (Fsp3) is 0. The van der Waals surface area contributed by atoms with Crippen LogP contribution in [0.25, 0.3) is 0 Å². The van der Waals surface area contributed by atoms with Gasteiger partial charge in [-0.25, -0.2) is 0 Å². The van der Waals surface area contributed by atoms with E-state index in [-0.39, 0.29) is 0 Å². The molecule has 0 aromatic heterocycles. The van der Waals surface area contributed by atoms with Crippen LogP contribution in [-0.4, -0.2) is 19.6 Å². The molecule has 1 N–H and O–H groups in total. The molecule has 0 aromatic carbocycles. The molecule has 0 aliphatic heterocycles. The fourth-order valence-corrected chi connectivity index (χ4v) is 0. The van der Waals surface area contributed by atoms with Crippen molar-refractivity contribution in [3.8, 4) is 0 Å². The Labute approximate surface area is 25.6 Å². The summed E-state index contributed by atoms with van der Waals surface area (Å²) in [6.07, 6.45) is 0. The van der Waals surface area contributed by atoms with Gasteiger partial charge in [-0.15, -0.1) is 0 Å². The van der Waals surface area contributed by atoms with Crippen molar-refractivity contribution in [2.24, 2.45) is 0 Å². The van der Waals surface area contributed by atoms with Gasteiger partial charge in [0, 0.05) is 0 Å². The molecule has 4 heavy (non-hydrogen) atoms. The van der Waals surface area contributed by atoms with Gasteiger partial charge in [-0.1, -0.05) is 0 Å². The standard InChI is InChI=1S/B2HO2/c1-2-4-3/h3H. The van der Waals surface area contributed by atoms with Crippen molar-refractivity contribution in [1.29, 1.82) is 0 Å². The molecule has 0 atom stereocenters. The predicted molar refractivity (Wildman–Crippen MR) is 15.2 cm³/mol. The Balaban J connectivity index is 2.30. The summed E-state index contributed by atoms with van der Waals surface area (Å²) in [5.74, 6) is 0. The van der Waals surface area contributed by atoms with Crippen molar-refractivity contribution in [3.63, 3.8) is 0 Å². The van der Waals surface area contributed by atoms with Crippen LogP contribution in [0.15, 0.2) is 0 Å². The molecule has 0 saturated carbocycles. The van der Waals surface area contributed by atoms with Crippen LogP contribution in [0.4, 0.5) is 0 Å². The Morgan fingerprint density at radius 3 is 2.25 bits per heavy atom. The van der Waals surface area contributed by atoms with E-state index in [0.29, 0.717) is 7.00 Å². The first kappa shape index (κ1) is 3.89. The molecule has 0 heterocycles. The van der Waals surface area contributed by atoms with Gasteiger partial charge in [0.05, 0.1) is 0 Å². The third-order valence-electron chi connectivity index (χ3n) is 0.0609. The van der Waals surface area contributed by atoms with Crippen LogP contribution in [0.3, 0.4) is 0 Å². The quantitative estimate of drug-likeness (QED) is 0.241. The third kappa shape index (κ3) is 1.89. The second kappa shape index (κ2) is 2.89. The van der Waals surface area contributed by atoms with E-state index in [1.54, 1.807) is 0 Å². The van der Waals surface area contributed by atoms with Gasteiger partial charge in [-0.2, -0.15) is 0 Å². The van der Waals surface area contributed by atoms with Crippen molar-refractivity contribution in [1.82, 2.24) is 0 Å². The second-order valence-corrected chi connectivity index (χ2v) is 0.241. The molecule has 1 radical (unpaired) electrons. The zero-order chi connectivity index (χ0) is 3.41. The average molecular weight is 54.6 g/mol. The summed E-state index contributed by atoms with van der Waals surface area (Å²) in [6, 6.07) is 0. The van der Waals surface area contributed by atoms with Crippen LogP contribution in [0, 0.1) is 0 Å². The molecule has 0 unspecified atom stereocenters. The van der Waals surface area contributed by atoms with E-state index >= 15 is 0 Å². The van der Waals surface area contributed by atoms with E-state index in [0.717, 1.165) is 0 Å². The van der Waals surface area contributed by atoms with Crippen LogP contribution >= 0.6 is 0 Å². The summed E-state index contributed by atoms with van der Waals surface area (Å²) < 4.78 is 0. The Morgan fingerprint density at radius 2 is 2.25 bits per heavy atom. The Morgan fingerprint density at radius 1 is 2.00 bits per heavy atom. The molecule has 0 bridgehead atoms. The maximum atomic E-state index is 7.19. The van der Waals surface area contributed by atoms with Gasteiger partial charge in [-0.3, -0.25) is 0 Å². The van der Waals surface area contributed by atoms with Gasteiger partial charge in [0.25, 0.3) is 0 Å². The minimum atomic E-state index is 0.681. The zero-order valence-corrected chi connectivity index (χ0v) is 2.01. The van der Waals surface area contributed by atoms with Gasteiger partial charge in [0.15, 0.2) is 0 Å². The van der Waals surface area contributed by atoms with Crippen molar-refractivity contribution < 1.29 is 10.1 Å². The van der Waals surface area contributed by atoms with E-state index in [1.807, 2.05) is 0 Å². The topological polar surface area (TPSA) is 29.5 Å². The summed E-state index contributed by atoms with van der Waals surface area (Å²) in [5.41, 5.74) is 0. The van der Waals surface area contributed by atoms with Gasteiger partial charge in [-0.05, 0) is 0 Å². The van der Waals surface area contributed by atoms with Gasteiger partial charge < -0.3 is 0 Å². The van der Waals surface area contributed by atoms with Crippen molar-refractivity contribution >= 4 is 14.4 Å². The molecule has 4 heteroatoms. The number of hydrogen-bond acceptors (Lipinski definition) is 2. The fourth-order valence-electron chi connectivity index (χ4n) is 0. The van der Waals surface area contributed by atoms with E-state index < -0.39 is 0 Å². The van der Waals surface area contributed by atoms with Crippen molar-refractivity contribution in [2.45, 2.75) is 0 Å². The SMILES string of the molecule is [B]=BOO. The van der Waals surface area contributed by atoms with Crippen LogP contribution in [0.5, 0.6) is 0 Å². The normalized spacial score (nSPS) is 4.00.